The first-order valence-electron chi connectivity index (χ1n) is 19.9. The Kier molecular flexibility index (Phi) is 20.9. The van der Waals surface area contributed by atoms with Crippen molar-refractivity contribution in [2.75, 3.05) is 52.6 Å². The van der Waals surface area contributed by atoms with Gasteiger partial charge in [0, 0.05) is 25.6 Å². The molecule has 320 valence electrons. The molecule has 0 unspecified atom stereocenters. The summed E-state index contributed by atoms with van der Waals surface area (Å²) < 4.78 is 21.2. The van der Waals surface area contributed by atoms with E-state index < -0.39 is 5.97 Å². The molecule has 10 nitrogen and oxygen atoms in total. The Hall–Kier alpha value is -3.74. The van der Waals surface area contributed by atoms with E-state index in [2.05, 4.69) is 9.80 Å². The standard InChI is InChI=1S/C23H27Cl2NO3.C12H16Cl2N2.C10H12O4/c1-2-28-20-4-6-21(7-5-20)29-16-19(27)13-17-9-11-26(12-10-17)15-18-3-8-22(24)23(25)14-18;13-11-2-1-9(7-12(11)14)8-16-5-3-10(15)4-6-16;1-2-13-8-3-5-9(6-4-8)14-7-10(11)12/h3-8,14,17H,2,9-13,15-16H2,1H3;1-2,7,10H,3-6,8,15H2;3-6H,2,7H2,1H3,(H,11,12). The predicted octanol–water partition coefficient (Wildman–Crippen LogP) is 10.1. The number of ketones is 1. The number of carbonyl (C=O) groups excluding carboxylic acids is 1. The maximum Gasteiger partial charge on any atom is 0.341 e. The van der Waals surface area contributed by atoms with E-state index in [0.29, 0.717) is 63.2 Å². The molecule has 2 aliphatic rings. The second-order valence-electron chi connectivity index (χ2n) is 14.4. The van der Waals surface area contributed by atoms with Crippen molar-refractivity contribution in [2.24, 2.45) is 11.7 Å². The van der Waals surface area contributed by atoms with Crippen LogP contribution in [0.3, 0.4) is 0 Å². The van der Waals surface area contributed by atoms with E-state index in [0.717, 1.165) is 82.0 Å². The minimum Gasteiger partial charge on any atom is -0.494 e. The van der Waals surface area contributed by atoms with Gasteiger partial charge in [0.15, 0.2) is 12.4 Å². The molecule has 3 N–H and O–H groups in total. The number of carbonyl (C=O) groups is 2. The molecule has 0 radical (unpaired) electrons. The van der Waals surface area contributed by atoms with Gasteiger partial charge in [-0.25, -0.2) is 4.79 Å². The van der Waals surface area contributed by atoms with Gasteiger partial charge in [-0.05, 0) is 156 Å². The fourth-order valence-corrected chi connectivity index (χ4v) is 7.18. The number of ether oxygens (including phenoxy) is 4. The highest BCUT2D eigenvalue weighted by atomic mass is 35.5. The Morgan fingerprint density at radius 3 is 1.37 bits per heavy atom. The summed E-state index contributed by atoms with van der Waals surface area (Å²) in [5.74, 6) is 2.36. The van der Waals surface area contributed by atoms with Crippen molar-refractivity contribution < 1.29 is 33.6 Å². The molecular weight excluding hydrogens is 836 g/mol. The third kappa shape index (κ3) is 18.2. The second-order valence-corrected chi connectivity index (χ2v) is 16.0. The van der Waals surface area contributed by atoms with Gasteiger partial charge in [-0.2, -0.15) is 0 Å². The lowest BCUT2D eigenvalue weighted by Gasteiger charge is -2.31. The number of hydrogen-bond donors (Lipinski definition) is 2. The van der Waals surface area contributed by atoms with Crippen LogP contribution in [0.1, 0.15) is 57.1 Å². The lowest BCUT2D eigenvalue weighted by atomic mass is 9.91. The van der Waals surface area contributed by atoms with Crippen LogP contribution in [0.25, 0.3) is 0 Å². The number of likely N-dealkylation sites (tertiary alicyclic amines) is 2. The molecule has 59 heavy (non-hydrogen) atoms. The van der Waals surface area contributed by atoms with Gasteiger partial charge in [0.1, 0.15) is 29.6 Å². The van der Waals surface area contributed by atoms with Crippen molar-refractivity contribution in [3.8, 4) is 23.0 Å². The number of rotatable bonds is 16. The quantitative estimate of drug-likeness (QED) is 0.112. The van der Waals surface area contributed by atoms with Crippen molar-refractivity contribution in [3.63, 3.8) is 0 Å². The highest BCUT2D eigenvalue weighted by Crippen LogP contribution is 2.27. The average Bonchev–Trinajstić information content (AvgIpc) is 3.22. The maximum absolute atomic E-state index is 12.3. The Balaban J connectivity index is 0.000000216. The van der Waals surface area contributed by atoms with E-state index >= 15 is 0 Å². The van der Waals surface area contributed by atoms with Crippen molar-refractivity contribution >= 4 is 58.2 Å². The maximum atomic E-state index is 12.3. The number of hydrogen-bond acceptors (Lipinski definition) is 9. The van der Waals surface area contributed by atoms with Crippen molar-refractivity contribution in [1.82, 2.24) is 9.80 Å². The van der Waals surface area contributed by atoms with E-state index in [4.69, 9.17) is 76.2 Å². The third-order valence-electron chi connectivity index (χ3n) is 9.67. The predicted molar refractivity (Wildman–Crippen MR) is 237 cm³/mol. The smallest absolute Gasteiger partial charge is 0.341 e. The van der Waals surface area contributed by atoms with Crippen LogP contribution in [0.15, 0.2) is 84.9 Å². The second kappa shape index (κ2) is 25.8. The summed E-state index contributed by atoms with van der Waals surface area (Å²) >= 11 is 23.9. The zero-order chi connectivity index (χ0) is 42.6. The molecule has 2 heterocycles. The highest BCUT2D eigenvalue weighted by Gasteiger charge is 2.22. The number of halogens is 4. The molecule has 2 saturated heterocycles. The lowest BCUT2D eigenvalue weighted by Crippen LogP contribution is -2.39. The Labute approximate surface area is 368 Å². The van der Waals surface area contributed by atoms with Gasteiger partial charge in [0.25, 0.3) is 0 Å². The Morgan fingerprint density at radius 2 is 0.983 bits per heavy atom. The van der Waals surface area contributed by atoms with E-state index in [1.165, 1.54) is 5.56 Å². The van der Waals surface area contributed by atoms with Crippen LogP contribution in [0.2, 0.25) is 20.1 Å². The molecule has 0 aliphatic carbocycles. The van der Waals surface area contributed by atoms with Crippen LogP contribution in [-0.4, -0.2) is 85.3 Å². The summed E-state index contributed by atoms with van der Waals surface area (Å²) in [5, 5.41) is 10.8. The van der Waals surface area contributed by atoms with Gasteiger partial charge >= 0.3 is 5.97 Å². The van der Waals surface area contributed by atoms with Gasteiger partial charge < -0.3 is 29.8 Å². The summed E-state index contributed by atoms with van der Waals surface area (Å²) in [5.41, 5.74) is 8.25. The van der Waals surface area contributed by atoms with Crippen molar-refractivity contribution in [2.45, 2.75) is 65.1 Å². The van der Waals surface area contributed by atoms with E-state index in [1.54, 1.807) is 24.3 Å². The lowest BCUT2D eigenvalue weighted by molar-refractivity contribution is -0.139. The summed E-state index contributed by atoms with van der Waals surface area (Å²) in [4.78, 5) is 27.3. The summed E-state index contributed by atoms with van der Waals surface area (Å²) in [7, 11) is 0. The van der Waals surface area contributed by atoms with Crippen LogP contribution in [0, 0.1) is 5.92 Å². The largest absolute Gasteiger partial charge is 0.494 e. The van der Waals surface area contributed by atoms with Crippen molar-refractivity contribution in [1.29, 1.82) is 0 Å². The third-order valence-corrected chi connectivity index (χ3v) is 11.1. The van der Waals surface area contributed by atoms with E-state index in [9.17, 15) is 9.59 Å². The summed E-state index contributed by atoms with van der Waals surface area (Å²) in [6.07, 6.45) is 4.80. The number of piperidine rings is 2. The molecule has 0 spiro atoms. The number of aliphatic carboxylic acids is 1. The molecular formula is C45H55Cl4N3O7. The summed E-state index contributed by atoms with van der Waals surface area (Å²) in [6.45, 7) is 10.8. The number of carboxylic acids is 1. The number of nitrogens with zero attached hydrogens (tertiary/aromatic N) is 2. The molecule has 4 aromatic rings. The molecule has 0 atom stereocenters. The van der Waals surface area contributed by atoms with Gasteiger partial charge in [-0.1, -0.05) is 58.5 Å². The van der Waals surface area contributed by atoms with Gasteiger partial charge in [-0.3, -0.25) is 14.6 Å². The average molecular weight is 892 g/mol. The summed E-state index contributed by atoms with van der Waals surface area (Å²) in [6, 6.07) is 26.2. The molecule has 0 aromatic heterocycles. The number of benzene rings is 4. The first kappa shape index (κ1) is 47.9. The minimum absolute atomic E-state index is 0.122. The fraction of sp³-hybridized carbons (Fsp3) is 0.422. The fourth-order valence-electron chi connectivity index (χ4n) is 6.54. The normalized spacial score (nSPS) is 14.9. The van der Waals surface area contributed by atoms with Crippen molar-refractivity contribution in [3.05, 3.63) is 116 Å². The Bertz CT molecular complexity index is 1870. The van der Waals surface area contributed by atoms with Gasteiger partial charge in [0.05, 0.1) is 33.3 Å². The molecule has 0 amide bonds. The Morgan fingerprint density at radius 1 is 0.593 bits per heavy atom. The van der Waals surface area contributed by atoms with Gasteiger partial charge in [0.2, 0.25) is 0 Å². The molecule has 4 aromatic carbocycles. The zero-order valence-electron chi connectivity index (χ0n) is 33.7. The molecule has 0 bridgehead atoms. The van der Waals surface area contributed by atoms with Crippen LogP contribution in [0.5, 0.6) is 23.0 Å². The van der Waals surface area contributed by atoms with Crippen LogP contribution >= 0.6 is 46.4 Å². The number of nitrogens with two attached hydrogens (primary N) is 1. The SMILES string of the molecule is CCOc1ccc(OCC(=O)CC2CCN(Cc3ccc(Cl)c(Cl)c3)CC2)cc1.CCOc1ccc(OCC(=O)O)cc1.NC1CCN(Cc2ccc(Cl)c(Cl)c2)CC1. The first-order chi connectivity index (χ1) is 28.4. The van der Waals surface area contributed by atoms with Crippen LogP contribution < -0.4 is 24.7 Å². The topological polar surface area (TPSA) is 124 Å². The minimum atomic E-state index is -0.987. The monoisotopic (exact) mass is 889 g/mol. The molecule has 0 saturated carbocycles. The van der Waals surface area contributed by atoms with E-state index in [1.807, 2.05) is 74.5 Å². The zero-order valence-corrected chi connectivity index (χ0v) is 36.7. The molecule has 6 rings (SSSR count). The highest BCUT2D eigenvalue weighted by molar-refractivity contribution is 6.42. The van der Waals surface area contributed by atoms with Crippen LogP contribution in [-0.2, 0) is 22.7 Å². The molecule has 2 fully saturated rings. The number of Topliss-reactive ketones (excluding diaryl/α,β-unsaturated/α-hetero) is 1. The van der Waals surface area contributed by atoms with Gasteiger partial charge in [-0.15, -0.1) is 0 Å². The molecule has 2 aliphatic heterocycles. The number of carboxylic acid groups (broad SMARTS) is 1. The van der Waals surface area contributed by atoms with Crippen LogP contribution in [0.4, 0.5) is 0 Å². The molecule has 14 heteroatoms. The first-order valence-corrected chi connectivity index (χ1v) is 21.4. The van der Waals surface area contributed by atoms with E-state index in [-0.39, 0.29) is 19.0 Å².